The van der Waals surface area contributed by atoms with Crippen LogP contribution in [-0.4, -0.2) is 16.4 Å². The Kier molecular flexibility index (Phi) is 3.00. The van der Waals surface area contributed by atoms with Crippen LogP contribution in [0, 0.1) is 5.41 Å². The van der Waals surface area contributed by atoms with E-state index in [4.69, 9.17) is 17.0 Å². The van der Waals surface area contributed by atoms with Crippen molar-refractivity contribution in [2.45, 2.75) is 0 Å². The topological polar surface area (TPSA) is 44.1 Å². The molecule has 1 aromatic rings. The van der Waals surface area contributed by atoms with Gasteiger partial charge in [0.1, 0.15) is 5.75 Å². The summed E-state index contributed by atoms with van der Waals surface area (Å²) >= 11 is 6.97. The second kappa shape index (κ2) is 3.83. The average Bonchev–Trinajstić information content (AvgIpc) is 2.08. The fourth-order valence-electron chi connectivity index (χ4n) is 0.800. The Labute approximate surface area is 80.1 Å². The summed E-state index contributed by atoms with van der Waals surface area (Å²) in [6.07, 6.45) is 1.78. The van der Waals surface area contributed by atoms with Crippen molar-refractivity contribution < 1.29 is 5.11 Å². The summed E-state index contributed by atoms with van der Waals surface area (Å²) in [5.74, 6) is 0.0961. The molecule has 0 aliphatic heterocycles. The second-order valence-electron chi connectivity index (χ2n) is 2.19. The minimum Gasteiger partial charge on any atom is -0.507 e. The van der Waals surface area contributed by atoms with Crippen molar-refractivity contribution in [2.75, 3.05) is 6.26 Å². The van der Waals surface area contributed by atoms with Crippen LogP contribution in [0.2, 0.25) is 5.02 Å². The summed E-state index contributed by atoms with van der Waals surface area (Å²) in [5, 5.41) is 17.6. The monoisotopic (exact) mass is 201 g/mol. The van der Waals surface area contributed by atoms with Crippen molar-refractivity contribution in [2.24, 2.45) is 0 Å². The zero-order valence-corrected chi connectivity index (χ0v) is 8.04. The maximum Gasteiger partial charge on any atom is 0.125 e. The van der Waals surface area contributed by atoms with Crippen LogP contribution in [0.3, 0.4) is 0 Å². The number of phenols is 1. The summed E-state index contributed by atoms with van der Waals surface area (Å²) in [6.45, 7) is 0. The molecule has 0 unspecified atom stereocenters. The van der Waals surface area contributed by atoms with Gasteiger partial charge >= 0.3 is 0 Å². The number of hydrogen-bond acceptors (Lipinski definition) is 3. The van der Waals surface area contributed by atoms with Crippen LogP contribution in [0.5, 0.6) is 5.75 Å². The summed E-state index contributed by atoms with van der Waals surface area (Å²) in [5.41, 5.74) is 0.481. The standard InChI is InChI=1S/C8H8ClNOS/c1-12-8(10)6-4-5(9)2-3-7(6)11/h2-4,10-11H,1H3. The molecule has 0 amide bonds. The Hall–Kier alpha value is -0.670. The number of thioether (sulfide) groups is 1. The third-order valence-corrected chi connectivity index (χ3v) is 2.27. The van der Waals surface area contributed by atoms with Crippen molar-refractivity contribution in [3.05, 3.63) is 28.8 Å². The molecule has 1 aromatic carbocycles. The van der Waals surface area contributed by atoms with Gasteiger partial charge in [0.25, 0.3) is 0 Å². The fraction of sp³-hybridized carbons (Fsp3) is 0.125. The van der Waals surface area contributed by atoms with Crippen LogP contribution < -0.4 is 0 Å². The van der Waals surface area contributed by atoms with Gasteiger partial charge in [-0.25, -0.2) is 0 Å². The number of phenolic OH excluding ortho intramolecular Hbond substituents is 1. The van der Waals surface area contributed by atoms with Crippen molar-refractivity contribution in [3.63, 3.8) is 0 Å². The van der Waals surface area contributed by atoms with E-state index in [1.165, 1.54) is 17.8 Å². The molecular formula is C8H8ClNOS. The van der Waals surface area contributed by atoms with Crippen molar-refractivity contribution in [1.29, 1.82) is 5.41 Å². The largest absolute Gasteiger partial charge is 0.507 e. The summed E-state index contributed by atoms with van der Waals surface area (Å²) < 4.78 is 0. The van der Waals surface area contributed by atoms with Gasteiger partial charge in [0.2, 0.25) is 0 Å². The van der Waals surface area contributed by atoms with Gasteiger partial charge < -0.3 is 5.11 Å². The van der Waals surface area contributed by atoms with E-state index in [0.29, 0.717) is 15.6 Å². The third-order valence-electron chi connectivity index (χ3n) is 1.41. The minimum atomic E-state index is 0.0961. The molecule has 12 heavy (non-hydrogen) atoms. The SMILES string of the molecule is CSC(=N)c1cc(Cl)ccc1O. The minimum absolute atomic E-state index is 0.0961. The molecule has 0 spiro atoms. The molecule has 0 aliphatic rings. The quantitative estimate of drug-likeness (QED) is 0.542. The fourth-order valence-corrected chi connectivity index (χ4v) is 1.36. The normalized spacial score (nSPS) is 9.83. The highest BCUT2D eigenvalue weighted by Gasteiger charge is 2.06. The average molecular weight is 202 g/mol. The molecule has 0 aliphatic carbocycles. The van der Waals surface area contributed by atoms with Crippen LogP contribution in [0.25, 0.3) is 0 Å². The molecule has 0 aromatic heterocycles. The summed E-state index contributed by atoms with van der Waals surface area (Å²) in [7, 11) is 0. The van der Waals surface area contributed by atoms with E-state index in [1.807, 2.05) is 0 Å². The highest BCUT2D eigenvalue weighted by molar-refractivity contribution is 8.13. The molecule has 4 heteroatoms. The Morgan fingerprint density at radius 3 is 2.83 bits per heavy atom. The molecule has 0 saturated heterocycles. The van der Waals surface area contributed by atoms with E-state index in [2.05, 4.69) is 0 Å². The molecule has 0 saturated carbocycles. The van der Waals surface area contributed by atoms with Crippen LogP contribution in [0.4, 0.5) is 0 Å². The van der Waals surface area contributed by atoms with E-state index in [0.717, 1.165) is 0 Å². The number of rotatable bonds is 1. The lowest BCUT2D eigenvalue weighted by atomic mass is 10.2. The Morgan fingerprint density at radius 1 is 1.58 bits per heavy atom. The third kappa shape index (κ3) is 1.93. The first-order valence-corrected chi connectivity index (χ1v) is 4.87. The lowest BCUT2D eigenvalue weighted by Crippen LogP contribution is -1.92. The van der Waals surface area contributed by atoms with Gasteiger partial charge in [-0.15, -0.1) is 11.8 Å². The van der Waals surface area contributed by atoms with Gasteiger partial charge in [-0.05, 0) is 24.5 Å². The first kappa shape index (κ1) is 9.42. The highest BCUT2D eigenvalue weighted by Crippen LogP contribution is 2.24. The van der Waals surface area contributed by atoms with Crippen molar-refractivity contribution in [3.8, 4) is 5.75 Å². The van der Waals surface area contributed by atoms with Crippen molar-refractivity contribution in [1.82, 2.24) is 0 Å². The van der Waals surface area contributed by atoms with Gasteiger partial charge in [0.15, 0.2) is 0 Å². The molecule has 0 atom stereocenters. The molecule has 0 fully saturated rings. The number of aromatic hydroxyl groups is 1. The van der Waals surface area contributed by atoms with Gasteiger partial charge in [0.05, 0.1) is 5.04 Å². The first-order chi connectivity index (χ1) is 5.65. The van der Waals surface area contributed by atoms with Crippen LogP contribution in [0.1, 0.15) is 5.56 Å². The van der Waals surface area contributed by atoms with Crippen LogP contribution in [0.15, 0.2) is 18.2 Å². The molecule has 1 rings (SSSR count). The number of nitrogens with one attached hydrogen (secondary N) is 1. The predicted molar refractivity (Wildman–Crippen MR) is 53.5 cm³/mol. The number of benzene rings is 1. The molecule has 64 valence electrons. The Balaban J connectivity index is 3.13. The Bertz CT molecular complexity index is 314. The predicted octanol–water partition coefficient (Wildman–Crippen LogP) is 2.73. The molecule has 0 heterocycles. The lowest BCUT2D eigenvalue weighted by Gasteiger charge is -2.03. The number of hydrogen-bond donors (Lipinski definition) is 2. The molecule has 2 N–H and O–H groups in total. The number of halogens is 1. The van der Waals surface area contributed by atoms with Crippen LogP contribution >= 0.6 is 23.4 Å². The molecule has 2 nitrogen and oxygen atoms in total. The second-order valence-corrected chi connectivity index (χ2v) is 3.45. The summed E-state index contributed by atoms with van der Waals surface area (Å²) in [6, 6.07) is 4.66. The van der Waals surface area contributed by atoms with E-state index in [9.17, 15) is 5.11 Å². The van der Waals surface area contributed by atoms with E-state index in [-0.39, 0.29) is 5.75 Å². The van der Waals surface area contributed by atoms with Gasteiger partial charge in [0, 0.05) is 10.6 Å². The Morgan fingerprint density at radius 2 is 2.25 bits per heavy atom. The van der Waals surface area contributed by atoms with Crippen LogP contribution in [-0.2, 0) is 0 Å². The first-order valence-electron chi connectivity index (χ1n) is 3.26. The zero-order valence-electron chi connectivity index (χ0n) is 6.47. The molecule has 0 radical (unpaired) electrons. The van der Waals surface area contributed by atoms with E-state index in [1.54, 1.807) is 18.4 Å². The molecule has 0 bridgehead atoms. The summed E-state index contributed by atoms with van der Waals surface area (Å²) in [4.78, 5) is 0. The van der Waals surface area contributed by atoms with E-state index >= 15 is 0 Å². The van der Waals surface area contributed by atoms with Crippen molar-refractivity contribution >= 4 is 28.4 Å². The maximum absolute atomic E-state index is 9.32. The smallest absolute Gasteiger partial charge is 0.125 e. The van der Waals surface area contributed by atoms with Gasteiger partial charge in [-0.1, -0.05) is 11.6 Å². The maximum atomic E-state index is 9.32. The van der Waals surface area contributed by atoms with Gasteiger partial charge in [-0.2, -0.15) is 0 Å². The molecular weight excluding hydrogens is 194 g/mol. The van der Waals surface area contributed by atoms with Gasteiger partial charge in [-0.3, -0.25) is 5.41 Å². The van der Waals surface area contributed by atoms with E-state index < -0.39 is 0 Å². The highest BCUT2D eigenvalue weighted by atomic mass is 35.5. The lowest BCUT2D eigenvalue weighted by molar-refractivity contribution is 0.474. The zero-order chi connectivity index (χ0) is 9.14.